The van der Waals surface area contributed by atoms with Crippen LogP contribution in [0.4, 0.5) is 0 Å². The van der Waals surface area contributed by atoms with Gasteiger partial charge < -0.3 is 14.8 Å². The van der Waals surface area contributed by atoms with Gasteiger partial charge in [0.15, 0.2) is 0 Å². The monoisotopic (exact) mass is 285 g/mol. The smallest absolute Gasteiger partial charge is 0.0713 e. The second-order valence-corrected chi connectivity index (χ2v) is 7.47. The highest BCUT2D eigenvalue weighted by atomic mass is 32.2. The Hall–Kier alpha value is 0.230. The van der Waals surface area contributed by atoms with Crippen molar-refractivity contribution < 1.29 is 9.47 Å². The van der Waals surface area contributed by atoms with E-state index < -0.39 is 0 Å². The van der Waals surface area contributed by atoms with Gasteiger partial charge in [0.2, 0.25) is 0 Å². The largest absolute Gasteiger partial charge is 0.378 e. The van der Waals surface area contributed by atoms with Gasteiger partial charge in [-0.25, -0.2) is 0 Å². The first-order chi connectivity index (χ1) is 9.30. The second kappa shape index (κ2) is 6.33. The molecule has 1 atom stereocenters. The Balaban J connectivity index is 1.44. The van der Waals surface area contributed by atoms with Crippen molar-refractivity contribution in [3.8, 4) is 0 Å². The summed E-state index contributed by atoms with van der Waals surface area (Å²) >= 11 is 2.08. The molecule has 1 N–H and O–H groups in total. The summed E-state index contributed by atoms with van der Waals surface area (Å²) in [7, 11) is 0. The lowest BCUT2D eigenvalue weighted by Gasteiger charge is -2.46. The molecule has 0 amide bonds. The Morgan fingerprint density at radius 3 is 2.79 bits per heavy atom. The zero-order valence-corrected chi connectivity index (χ0v) is 12.8. The van der Waals surface area contributed by atoms with Crippen LogP contribution in [0.25, 0.3) is 0 Å². The van der Waals surface area contributed by atoms with Crippen LogP contribution in [0.2, 0.25) is 0 Å². The maximum Gasteiger partial charge on any atom is 0.0713 e. The first kappa shape index (κ1) is 14.2. The standard InChI is InChI=1S/C15H27NO2S/c1-2-17-14-9-13(10-14)16-12-3-6-18-15(11-12)4-7-19-8-5-15/h12-14,16H,2-11H2,1H3. The van der Waals surface area contributed by atoms with Crippen molar-refractivity contribution in [3.63, 3.8) is 0 Å². The summed E-state index contributed by atoms with van der Waals surface area (Å²) < 4.78 is 11.8. The lowest BCUT2D eigenvalue weighted by molar-refractivity contribution is -0.0981. The van der Waals surface area contributed by atoms with Gasteiger partial charge >= 0.3 is 0 Å². The van der Waals surface area contributed by atoms with Crippen LogP contribution in [0.5, 0.6) is 0 Å². The number of hydrogen-bond donors (Lipinski definition) is 1. The first-order valence-electron chi connectivity index (χ1n) is 7.89. The highest BCUT2D eigenvalue weighted by molar-refractivity contribution is 7.99. The molecule has 2 heterocycles. The second-order valence-electron chi connectivity index (χ2n) is 6.25. The zero-order chi connectivity index (χ0) is 13.1. The van der Waals surface area contributed by atoms with Crippen molar-refractivity contribution in [2.75, 3.05) is 24.7 Å². The maximum absolute atomic E-state index is 6.15. The molecule has 1 unspecified atom stereocenters. The average Bonchev–Trinajstić information content (AvgIpc) is 2.37. The fourth-order valence-electron chi connectivity index (χ4n) is 3.67. The Bertz CT molecular complexity index is 282. The van der Waals surface area contributed by atoms with Crippen LogP contribution in [0, 0.1) is 0 Å². The van der Waals surface area contributed by atoms with Crippen LogP contribution >= 0.6 is 11.8 Å². The third-order valence-corrected chi connectivity index (χ3v) is 5.85. The molecule has 2 aliphatic heterocycles. The summed E-state index contributed by atoms with van der Waals surface area (Å²) in [6, 6.07) is 1.36. The molecule has 2 saturated heterocycles. The van der Waals surface area contributed by atoms with E-state index >= 15 is 0 Å². The van der Waals surface area contributed by atoms with Crippen LogP contribution in [0.1, 0.15) is 45.4 Å². The molecule has 110 valence electrons. The van der Waals surface area contributed by atoms with Crippen molar-refractivity contribution in [1.82, 2.24) is 5.32 Å². The average molecular weight is 285 g/mol. The third-order valence-electron chi connectivity index (χ3n) is 4.87. The Morgan fingerprint density at radius 2 is 2.05 bits per heavy atom. The first-order valence-corrected chi connectivity index (χ1v) is 9.04. The summed E-state index contributed by atoms with van der Waals surface area (Å²) in [6.07, 6.45) is 7.84. The van der Waals surface area contributed by atoms with Gasteiger partial charge in [-0.1, -0.05) is 0 Å². The molecule has 3 nitrogen and oxygen atoms in total. The number of nitrogens with one attached hydrogen (secondary N) is 1. The minimum Gasteiger partial charge on any atom is -0.378 e. The molecular weight excluding hydrogens is 258 g/mol. The van der Waals surface area contributed by atoms with Gasteiger partial charge in [0, 0.05) is 25.3 Å². The topological polar surface area (TPSA) is 30.5 Å². The van der Waals surface area contributed by atoms with Crippen LogP contribution in [0.3, 0.4) is 0 Å². The SMILES string of the molecule is CCOC1CC(NC2CCOC3(CCSCC3)C2)C1. The van der Waals surface area contributed by atoms with Crippen LogP contribution < -0.4 is 5.32 Å². The van der Waals surface area contributed by atoms with E-state index in [0.29, 0.717) is 18.2 Å². The number of thioether (sulfide) groups is 1. The highest BCUT2D eigenvalue weighted by Crippen LogP contribution is 2.38. The minimum absolute atomic E-state index is 0.213. The van der Waals surface area contributed by atoms with Crippen LogP contribution in [-0.4, -0.2) is 48.5 Å². The predicted molar refractivity (Wildman–Crippen MR) is 79.8 cm³/mol. The molecule has 0 aromatic heterocycles. The Morgan fingerprint density at radius 1 is 1.26 bits per heavy atom. The van der Waals surface area contributed by atoms with E-state index in [9.17, 15) is 0 Å². The Kier molecular flexibility index (Phi) is 4.73. The summed E-state index contributed by atoms with van der Waals surface area (Å²) in [5.41, 5.74) is 0.213. The fourth-order valence-corrected chi connectivity index (χ4v) is 4.91. The molecule has 0 bridgehead atoms. The van der Waals surface area contributed by atoms with Gasteiger partial charge in [0.05, 0.1) is 11.7 Å². The summed E-state index contributed by atoms with van der Waals surface area (Å²) in [5.74, 6) is 2.56. The molecule has 0 aromatic rings. The van der Waals surface area contributed by atoms with Crippen LogP contribution in [0.15, 0.2) is 0 Å². The molecule has 3 fully saturated rings. The van der Waals surface area contributed by atoms with Crippen molar-refractivity contribution in [2.24, 2.45) is 0 Å². The maximum atomic E-state index is 6.15. The molecule has 19 heavy (non-hydrogen) atoms. The predicted octanol–water partition coefficient (Wildman–Crippen LogP) is 2.59. The van der Waals surface area contributed by atoms with Gasteiger partial charge in [-0.2, -0.15) is 11.8 Å². The van der Waals surface area contributed by atoms with Crippen molar-refractivity contribution in [2.45, 2.75) is 69.2 Å². The lowest BCUT2D eigenvalue weighted by atomic mass is 9.83. The Labute approximate surface area is 121 Å². The quantitative estimate of drug-likeness (QED) is 0.860. The highest BCUT2D eigenvalue weighted by Gasteiger charge is 2.40. The van der Waals surface area contributed by atoms with Crippen molar-refractivity contribution >= 4 is 11.8 Å². The van der Waals surface area contributed by atoms with E-state index in [1.165, 1.54) is 50.0 Å². The van der Waals surface area contributed by atoms with Crippen LogP contribution in [-0.2, 0) is 9.47 Å². The molecular formula is C15H27NO2S. The summed E-state index contributed by atoms with van der Waals surface area (Å²) in [5, 5.41) is 3.85. The molecule has 0 radical (unpaired) electrons. The lowest BCUT2D eigenvalue weighted by Crippen LogP contribution is -2.55. The molecule has 1 aliphatic carbocycles. The van der Waals surface area contributed by atoms with Gasteiger partial charge in [-0.3, -0.25) is 0 Å². The van der Waals surface area contributed by atoms with Gasteiger partial charge in [0.25, 0.3) is 0 Å². The molecule has 0 aromatic carbocycles. The molecule has 1 saturated carbocycles. The summed E-state index contributed by atoms with van der Waals surface area (Å²) in [6.45, 7) is 3.89. The third kappa shape index (κ3) is 3.46. The normalized spacial score (nSPS) is 38.1. The van der Waals surface area contributed by atoms with E-state index in [2.05, 4.69) is 24.0 Å². The summed E-state index contributed by atoms with van der Waals surface area (Å²) in [4.78, 5) is 0. The van der Waals surface area contributed by atoms with Gasteiger partial charge in [-0.15, -0.1) is 0 Å². The molecule has 1 spiro atoms. The van der Waals surface area contributed by atoms with Crippen molar-refractivity contribution in [3.05, 3.63) is 0 Å². The minimum atomic E-state index is 0.213. The van der Waals surface area contributed by atoms with Crippen molar-refractivity contribution in [1.29, 1.82) is 0 Å². The number of hydrogen-bond acceptors (Lipinski definition) is 4. The number of ether oxygens (including phenoxy) is 2. The van der Waals surface area contributed by atoms with Gasteiger partial charge in [0.1, 0.15) is 0 Å². The molecule has 4 heteroatoms. The van der Waals surface area contributed by atoms with E-state index in [-0.39, 0.29) is 5.60 Å². The fraction of sp³-hybridized carbons (Fsp3) is 1.00. The van der Waals surface area contributed by atoms with Gasteiger partial charge in [-0.05, 0) is 57.0 Å². The van der Waals surface area contributed by atoms with E-state index in [0.717, 1.165) is 13.2 Å². The molecule has 3 aliphatic rings. The zero-order valence-electron chi connectivity index (χ0n) is 12.0. The number of rotatable bonds is 4. The molecule has 3 rings (SSSR count). The van der Waals surface area contributed by atoms with E-state index in [1.54, 1.807) is 0 Å². The van der Waals surface area contributed by atoms with E-state index in [4.69, 9.17) is 9.47 Å². The van der Waals surface area contributed by atoms with E-state index in [1.807, 2.05) is 0 Å².